The largest absolute Gasteiger partial charge is 0.472 e. The number of aliphatic hydroxyl groups excluding tert-OH is 4. The fourth-order valence-electron chi connectivity index (χ4n) is 7.42. The van der Waals surface area contributed by atoms with Gasteiger partial charge in [-0.1, -0.05) is 161 Å². The summed E-state index contributed by atoms with van der Waals surface area (Å²) in [5, 5.41) is 40.8. The first kappa shape index (κ1) is 62.5. The smallest absolute Gasteiger partial charge is 0.462 e. The number of esters is 2. The van der Waals surface area contributed by atoms with Crippen LogP contribution >= 0.6 is 15.6 Å². The lowest BCUT2D eigenvalue weighted by Gasteiger charge is -2.36. The van der Waals surface area contributed by atoms with Crippen LogP contribution in [0.25, 0.3) is 0 Å². The molecule has 0 aromatic heterocycles. The molecule has 0 spiro atoms. The first-order valence-corrected chi connectivity index (χ1v) is 27.8. The van der Waals surface area contributed by atoms with Gasteiger partial charge in [0, 0.05) is 25.2 Å². The van der Waals surface area contributed by atoms with Crippen molar-refractivity contribution in [1.82, 2.24) is 0 Å². The van der Waals surface area contributed by atoms with Gasteiger partial charge >= 0.3 is 27.6 Å². The zero-order chi connectivity index (χ0) is 49.1. The standard InChI is InChI=1S/C47H88O17P2/c1-4-6-21-27-39(48)31-32-44-42(43(50)33-47(53)64-44)28-23-19-20-24-29-45(51)59-36-41(37-62-66(57,58)61-35-40(49)34-60-65(54,55)56)63-46(52)30-25-18-16-14-12-10-8-7-9-11-13-15-17-22-26-38(3)5-2/h19,23,31-32,38-44,47-50,53H,4-18,20-22,24-30,33-37H2,1-3H3,(H,57,58)(H2,54,55,56)/b23-19-,32-31+/t38?,39-,40-,41+,42-,43-,44+,47?/m0/s1. The van der Waals surface area contributed by atoms with Gasteiger partial charge in [0.25, 0.3) is 0 Å². The third kappa shape index (κ3) is 35.5. The third-order valence-electron chi connectivity index (χ3n) is 11.7. The number of ether oxygens (including phenoxy) is 3. The van der Waals surface area contributed by atoms with E-state index in [4.69, 9.17) is 33.0 Å². The molecule has 0 saturated carbocycles. The molecule has 0 aromatic rings. The van der Waals surface area contributed by atoms with E-state index < -0.39 is 90.8 Å². The quantitative estimate of drug-likeness (QED) is 0.0130. The zero-order valence-corrected chi connectivity index (χ0v) is 42.0. The average Bonchev–Trinajstić information content (AvgIpc) is 3.26. The maximum atomic E-state index is 12.8. The van der Waals surface area contributed by atoms with Crippen LogP contribution in [0.4, 0.5) is 0 Å². The van der Waals surface area contributed by atoms with E-state index in [1.807, 2.05) is 12.2 Å². The second kappa shape index (κ2) is 38.2. The molecule has 1 aliphatic heterocycles. The van der Waals surface area contributed by atoms with Crippen LogP contribution in [0.5, 0.6) is 0 Å². The summed E-state index contributed by atoms with van der Waals surface area (Å²) in [7, 11) is -9.78. The summed E-state index contributed by atoms with van der Waals surface area (Å²) in [5.74, 6) is -0.725. The Labute approximate surface area is 395 Å². The van der Waals surface area contributed by atoms with Crippen molar-refractivity contribution >= 4 is 27.6 Å². The number of allylic oxidation sites excluding steroid dienone is 2. The molecular formula is C47H88O17P2. The highest BCUT2D eigenvalue weighted by Crippen LogP contribution is 2.44. The molecule has 1 aliphatic rings. The van der Waals surface area contributed by atoms with Crippen molar-refractivity contribution in [3.63, 3.8) is 0 Å². The molecule has 1 rings (SSSR count). The van der Waals surface area contributed by atoms with E-state index in [1.54, 1.807) is 12.2 Å². The van der Waals surface area contributed by atoms with Gasteiger partial charge in [0.2, 0.25) is 0 Å². The lowest BCUT2D eigenvalue weighted by atomic mass is 9.87. The van der Waals surface area contributed by atoms with Crippen molar-refractivity contribution in [3.05, 3.63) is 24.3 Å². The second-order valence-corrected chi connectivity index (χ2v) is 20.6. The van der Waals surface area contributed by atoms with Gasteiger partial charge in [-0.05, 0) is 38.0 Å². The summed E-state index contributed by atoms with van der Waals surface area (Å²) in [5.41, 5.74) is 0. The number of hydrogen-bond donors (Lipinski definition) is 7. The molecule has 388 valence electrons. The van der Waals surface area contributed by atoms with Crippen molar-refractivity contribution in [2.24, 2.45) is 11.8 Å². The zero-order valence-electron chi connectivity index (χ0n) is 40.2. The van der Waals surface area contributed by atoms with Gasteiger partial charge in [-0.25, -0.2) is 9.13 Å². The van der Waals surface area contributed by atoms with E-state index in [9.17, 15) is 44.0 Å². The van der Waals surface area contributed by atoms with Crippen LogP contribution < -0.4 is 0 Å². The van der Waals surface area contributed by atoms with E-state index >= 15 is 0 Å². The number of rotatable bonds is 42. The minimum Gasteiger partial charge on any atom is -0.462 e. The molecule has 66 heavy (non-hydrogen) atoms. The molecule has 17 nitrogen and oxygen atoms in total. The molecule has 1 fully saturated rings. The summed E-state index contributed by atoms with van der Waals surface area (Å²) in [4.78, 5) is 53.1. The molecule has 0 amide bonds. The van der Waals surface area contributed by atoms with Gasteiger partial charge in [-0.3, -0.25) is 23.2 Å². The molecule has 0 radical (unpaired) electrons. The monoisotopic (exact) mass is 987 g/mol. The van der Waals surface area contributed by atoms with Crippen molar-refractivity contribution in [2.45, 2.75) is 225 Å². The lowest BCUT2D eigenvalue weighted by molar-refractivity contribution is -0.199. The normalized spacial score (nSPS) is 20.9. The minimum atomic E-state index is -4.90. The summed E-state index contributed by atoms with van der Waals surface area (Å²) in [6.07, 6.45) is 24.9. The van der Waals surface area contributed by atoms with E-state index in [-0.39, 0.29) is 25.2 Å². The van der Waals surface area contributed by atoms with E-state index in [0.29, 0.717) is 32.1 Å². The maximum absolute atomic E-state index is 12.8. The molecular weight excluding hydrogens is 898 g/mol. The first-order valence-electron chi connectivity index (χ1n) is 24.8. The summed E-state index contributed by atoms with van der Waals surface area (Å²) >= 11 is 0. The second-order valence-electron chi connectivity index (χ2n) is 17.9. The van der Waals surface area contributed by atoms with Crippen LogP contribution in [-0.4, -0.2) is 110 Å². The van der Waals surface area contributed by atoms with Gasteiger partial charge in [0.05, 0.1) is 38.1 Å². The lowest BCUT2D eigenvalue weighted by Crippen LogP contribution is -2.43. The van der Waals surface area contributed by atoms with E-state index in [0.717, 1.165) is 50.9 Å². The first-order chi connectivity index (χ1) is 31.4. The van der Waals surface area contributed by atoms with Crippen LogP contribution in [0.3, 0.4) is 0 Å². The Morgan fingerprint density at radius 3 is 1.86 bits per heavy atom. The number of unbranched alkanes of at least 4 members (excludes halogenated alkanes) is 16. The number of carbonyl (C=O) groups is 2. The highest BCUT2D eigenvalue weighted by molar-refractivity contribution is 7.47. The SMILES string of the molecule is CCCCC[C@H](O)/C=C/[C@H]1OC(O)C[C@H](O)[C@@H]1C/C=C\CCCC(=O)OC[C@H](COP(=O)(O)OC[C@@H](O)COP(=O)(O)O)OC(=O)CCCCCCCCCCCCCCCCC(C)CC. The molecule has 0 aliphatic carbocycles. The molecule has 1 heterocycles. The van der Waals surface area contributed by atoms with Gasteiger partial charge in [0.1, 0.15) is 12.7 Å². The molecule has 19 heteroatoms. The fourth-order valence-corrected chi connectivity index (χ4v) is 8.58. The molecule has 1 saturated heterocycles. The Bertz CT molecular complexity index is 1390. The third-order valence-corrected chi connectivity index (χ3v) is 13.1. The number of aliphatic hydroxyl groups is 4. The Kier molecular flexibility index (Phi) is 36.2. The number of phosphoric ester groups is 2. The van der Waals surface area contributed by atoms with E-state index in [2.05, 4.69) is 25.3 Å². The van der Waals surface area contributed by atoms with Crippen LogP contribution in [0.2, 0.25) is 0 Å². The van der Waals surface area contributed by atoms with Crippen molar-refractivity contribution in [2.75, 3.05) is 26.4 Å². The molecule has 3 unspecified atom stereocenters. The van der Waals surface area contributed by atoms with Gasteiger partial charge < -0.3 is 49.3 Å². The molecule has 0 aromatic carbocycles. The minimum absolute atomic E-state index is 0.00339. The van der Waals surface area contributed by atoms with Crippen LogP contribution in [0, 0.1) is 11.8 Å². The van der Waals surface area contributed by atoms with Crippen LogP contribution in [0.1, 0.15) is 188 Å². The Balaban J connectivity index is 2.53. The predicted octanol–water partition coefficient (Wildman–Crippen LogP) is 9.03. The summed E-state index contributed by atoms with van der Waals surface area (Å²) < 4.78 is 53.6. The number of hydrogen-bond acceptors (Lipinski definition) is 14. The molecule has 0 bridgehead atoms. The van der Waals surface area contributed by atoms with Crippen molar-refractivity contribution in [3.8, 4) is 0 Å². The topological polar surface area (TPSA) is 265 Å². The van der Waals surface area contributed by atoms with Gasteiger partial charge in [-0.15, -0.1) is 0 Å². The van der Waals surface area contributed by atoms with Crippen molar-refractivity contribution in [1.29, 1.82) is 0 Å². The molecule has 9 atom stereocenters. The number of phosphoric acid groups is 2. The van der Waals surface area contributed by atoms with Crippen LogP contribution in [-0.2, 0) is 46.5 Å². The van der Waals surface area contributed by atoms with Gasteiger partial charge in [-0.2, -0.15) is 0 Å². The maximum Gasteiger partial charge on any atom is 0.472 e. The van der Waals surface area contributed by atoms with Crippen molar-refractivity contribution < 1.29 is 81.6 Å². The van der Waals surface area contributed by atoms with Crippen LogP contribution in [0.15, 0.2) is 24.3 Å². The summed E-state index contributed by atoms with van der Waals surface area (Å²) in [6, 6.07) is 0. The predicted molar refractivity (Wildman–Crippen MR) is 252 cm³/mol. The highest BCUT2D eigenvalue weighted by atomic mass is 31.2. The Hall–Kier alpha value is -1.56. The summed E-state index contributed by atoms with van der Waals surface area (Å²) in [6.45, 7) is 3.73. The average molecular weight is 987 g/mol. The highest BCUT2D eigenvalue weighted by Gasteiger charge is 2.35. The Morgan fingerprint density at radius 1 is 0.697 bits per heavy atom. The Morgan fingerprint density at radius 2 is 1.26 bits per heavy atom. The number of carbonyl (C=O) groups excluding carboxylic acids is 2. The van der Waals surface area contributed by atoms with Gasteiger partial charge in [0.15, 0.2) is 12.4 Å². The fraction of sp³-hybridized carbons (Fsp3) is 0.872. The van der Waals surface area contributed by atoms with E-state index in [1.165, 1.54) is 70.6 Å². The molecule has 7 N–H and O–H groups in total.